The van der Waals surface area contributed by atoms with Crippen molar-refractivity contribution in [2.24, 2.45) is 41.4 Å². The second-order valence-corrected chi connectivity index (χ2v) is 21.0. The van der Waals surface area contributed by atoms with E-state index in [4.69, 9.17) is 35.9 Å². The number of nitrogens with one attached hydrogen (secondary N) is 2. The maximum absolute atomic E-state index is 14.7. The molecular formula is C50H75F3N2O10S. The number of hydrogen-bond donors (Lipinski definition) is 5. The number of anilines is 1. The third kappa shape index (κ3) is 10.6. The summed E-state index contributed by atoms with van der Waals surface area (Å²) in [5.74, 6) is -6.60. The number of Topliss-reactive ketones (excluding diaryl/α,β-unsaturated/α-hetero) is 1. The molecule has 0 aromatic heterocycles. The lowest BCUT2D eigenvalue weighted by atomic mass is 9.72. The van der Waals surface area contributed by atoms with E-state index in [1.54, 1.807) is 6.92 Å². The van der Waals surface area contributed by atoms with Gasteiger partial charge in [-0.2, -0.15) is 13.2 Å². The molecule has 5 aliphatic heterocycles. The summed E-state index contributed by atoms with van der Waals surface area (Å²) in [4.78, 5) is 26.8. The van der Waals surface area contributed by atoms with Crippen LogP contribution < -0.4 is 10.6 Å². The van der Waals surface area contributed by atoms with Gasteiger partial charge in [0.05, 0.1) is 59.3 Å². The first kappa shape index (κ1) is 52.7. The molecule has 2 spiro atoms. The summed E-state index contributed by atoms with van der Waals surface area (Å²) in [6.45, 7) is 19.3. The first-order valence-corrected chi connectivity index (χ1v) is 24.8. The predicted octanol–water partition coefficient (Wildman–Crippen LogP) is 9.20. The Labute approximate surface area is 394 Å². The van der Waals surface area contributed by atoms with E-state index in [9.17, 15) is 38.1 Å². The van der Waals surface area contributed by atoms with E-state index in [1.165, 1.54) is 12.1 Å². The van der Waals surface area contributed by atoms with Gasteiger partial charge in [0, 0.05) is 35.8 Å². The van der Waals surface area contributed by atoms with Crippen molar-refractivity contribution in [2.45, 2.75) is 205 Å². The summed E-state index contributed by atoms with van der Waals surface area (Å²) in [6.07, 6.45) is 1.06. The van der Waals surface area contributed by atoms with Gasteiger partial charge in [-0.25, -0.2) is 0 Å². The minimum absolute atomic E-state index is 0.0498. The molecule has 1 aromatic rings. The molecule has 12 nitrogen and oxygen atoms in total. The van der Waals surface area contributed by atoms with Crippen LogP contribution in [0.5, 0.6) is 0 Å². The van der Waals surface area contributed by atoms with Crippen molar-refractivity contribution >= 4 is 34.8 Å². The highest BCUT2D eigenvalue weighted by Gasteiger charge is 2.63. The van der Waals surface area contributed by atoms with E-state index in [0.29, 0.717) is 57.8 Å². The summed E-state index contributed by atoms with van der Waals surface area (Å²) in [7, 11) is 0. The number of aliphatic hydroxyl groups excluding tert-OH is 1. The fraction of sp³-hybridized carbons (Fsp3) is 0.780. The molecule has 5 heterocycles. The lowest BCUT2D eigenvalue weighted by Gasteiger charge is -2.55. The molecule has 4 saturated heterocycles. The van der Waals surface area contributed by atoms with Gasteiger partial charge in [0.15, 0.2) is 16.7 Å². The normalized spacial score (nSPS) is 39.5. The number of aliphatic hydroxyl groups is 2. The Morgan fingerprint density at radius 2 is 1.64 bits per heavy atom. The molecule has 0 bridgehead atoms. The molecule has 1 unspecified atom stereocenters. The largest absolute Gasteiger partial charge is 0.481 e. The number of ketones is 1. The van der Waals surface area contributed by atoms with Crippen LogP contribution in [-0.4, -0.2) is 97.6 Å². The summed E-state index contributed by atoms with van der Waals surface area (Å²) in [6, 6.07) is 4.04. The molecule has 0 saturated carbocycles. The van der Waals surface area contributed by atoms with Crippen LogP contribution in [-0.2, 0) is 39.4 Å². The van der Waals surface area contributed by atoms with Crippen LogP contribution in [0.1, 0.15) is 139 Å². The highest BCUT2D eigenvalue weighted by molar-refractivity contribution is 7.80. The number of carbonyl (C=O) groups excluding carboxylic acids is 1. The Balaban J connectivity index is 1.26. The van der Waals surface area contributed by atoms with Crippen LogP contribution in [0, 0.1) is 41.4 Å². The first-order chi connectivity index (χ1) is 30.9. The molecule has 16 heteroatoms. The van der Waals surface area contributed by atoms with Gasteiger partial charge >= 0.3 is 12.1 Å². The van der Waals surface area contributed by atoms with Crippen molar-refractivity contribution in [1.29, 1.82) is 0 Å². The van der Waals surface area contributed by atoms with Gasteiger partial charge in [-0.3, -0.25) is 9.59 Å². The number of alkyl halides is 3. The Bertz CT molecular complexity index is 1920. The number of aliphatic carboxylic acids is 1. The van der Waals surface area contributed by atoms with Crippen LogP contribution >= 0.6 is 12.2 Å². The first-order valence-electron chi connectivity index (χ1n) is 24.4. The lowest BCUT2D eigenvalue weighted by Crippen LogP contribution is -2.66. The number of rotatable bonds is 14. The Hall–Kier alpha value is -2.70. The molecule has 1 aromatic carbocycles. The van der Waals surface area contributed by atoms with Gasteiger partial charge in [-0.1, -0.05) is 67.5 Å². The van der Waals surface area contributed by atoms with Gasteiger partial charge in [0.25, 0.3) is 0 Å². The fourth-order valence-electron chi connectivity index (χ4n) is 11.7. The zero-order chi connectivity index (χ0) is 48.7. The van der Waals surface area contributed by atoms with Crippen molar-refractivity contribution in [3.05, 3.63) is 42.0 Å². The molecule has 66 heavy (non-hydrogen) atoms. The number of halogens is 3. The molecule has 5 N–H and O–H groups in total. The van der Waals surface area contributed by atoms with Gasteiger partial charge in [-0.05, 0) is 120 Å². The van der Waals surface area contributed by atoms with Crippen LogP contribution in [0.2, 0.25) is 0 Å². The number of thiocarbonyl (C=S) groups is 1. The average Bonchev–Trinajstić information content (AvgIpc) is 3.61. The van der Waals surface area contributed by atoms with Crippen LogP contribution in [0.25, 0.3) is 0 Å². The Kier molecular flexibility index (Phi) is 16.2. The third-order valence-electron chi connectivity index (χ3n) is 16.2. The maximum atomic E-state index is 14.7. The molecule has 5 aliphatic rings. The van der Waals surface area contributed by atoms with Crippen molar-refractivity contribution < 1.29 is 61.8 Å². The van der Waals surface area contributed by atoms with E-state index in [0.717, 1.165) is 18.6 Å². The molecular weight excluding hydrogens is 878 g/mol. The maximum Gasteiger partial charge on any atom is 0.416 e. The van der Waals surface area contributed by atoms with E-state index in [2.05, 4.69) is 17.6 Å². The fourth-order valence-corrected chi connectivity index (χ4v) is 12.0. The molecule has 4 fully saturated rings. The molecule has 0 aliphatic carbocycles. The minimum atomic E-state index is -4.54. The topological polar surface area (TPSA) is 165 Å². The van der Waals surface area contributed by atoms with Crippen LogP contribution in [0.15, 0.2) is 36.4 Å². The summed E-state index contributed by atoms with van der Waals surface area (Å²) < 4.78 is 75.4. The number of hydrogen-bond acceptors (Lipinski definition) is 10. The van der Waals surface area contributed by atoms with E-state index >= 15 is 0 Å². The molecule has 0 radical (unpaired) electrons. The van der Waals surface area contributed by atoms with Crippen molar-refractivity contribution in [2.75, 3.05) is 5.32 Å². The zero-order valence-corrected chi connectivity index (χ0v) is 41.2. The minimum Gasteiger partial charge on any atom is -0.481 e. The summed E-state index contributed by atoms with van der Waals surface area (Å²) in [5, 5.41) is 39.2. The zero-order valence-electron chi connectivity index (χ0n) is 40.4. The van der Waals surface area contributed by atoms with Gasteiger partial charge in [0.1, 0.15) is 11.8 Å². The highest BCUT2D eigenvalue weighted by atomic mass is 32.1. The molecule has 18 atom stereocenters. The van der Waals surface area contributed by atoms with Crippen molar-refractivity contribution in [3.8, 4) is 0 Å². The number of carboxylic acid groups (broad SMARTS) is 1. The Morgan fingerprint density at radius 1 is 0.939 bits per heavy atom. The highest BCUT2D eigenvalue weighted by Crippen LogP contribution is 2.54. The third-order valence-corrected chi connectivity index (χ3v) is 16.4. The van der Waals surface area contributed by atoms with E-state index in [-0.39, 0.29) is 34.3 Å². The van der Waals surface area contributed by atoms with Gasteiger partial charge in [-0.15, -0.1) is 0 Å². The van der Waals surface area contributed by atoms with Crippen molar-refractivity contribution in [3.63, 3.8) is 0 Å². The van der Waals surface area contributed by atoms with Gasteiger partial charge < -0.3 is 49.6 Å². The summed E-state index contributed by atoms with van der Waals surface area (Å²) >= 11 is 5.72. The monoisotopic (exact) mass is 953 g/mol. The number of ether oxygens (including phenoxy) is 5. The standard InChI is InChI=1S/C50H75F3N2O10S/c1-11-35(44(58)59)37-18-17-27(4)42(62-37)31(8)40(56)30(7)41(57)36(12-2)43-28(5)25-29(6)48(63-43)22-19-38(55-45(66)54-34-16-14-15-33(26-34)50(51,52)53)49(65-48)24-23-46(10,64-49)39-20-21-47(60,13-3)32(9)61-39/h14-16,19,22,26-32,35-40,42-43,56,60H,11-13,17-18,20-21,23-25H2,1-10H3,(H,58,59)(H2,54,55,66)/t27-,28-,29+,30-,31-,32-,35+,36?,37+,38+,39+,40+,42+,43-,46-,47+,48-,49-/m0/s1. The van der Waals surface area contributed by atoms with E-state index < -0.39 is 107 Å². The quantitative estimate of drug-likeness (QED) is 0.0887. The molecule has 372 valence electrons. The smallest absolute Gasteiger partial charge is 0.416 e. The predicted molar refractivity (Wildman–Crippen MR) is 247 cm³/mol. The number of benzene rings is 1. The van der Waals surface area contributed by atoms with Crippen molar-refractivity contribution in [1.82, 2.24) is 5.32 Å². The Morgan fingerprint density at radius 3 is 2.26 bits per heavy atom. The number of carbonyl (C=O) groups is 2. The van der Waals surface area contributed by atoms with Crippen LogP contribution in [0.4, 0.5) is 18.9 Å². The van der Waals surface area contributed by atoms with Crippen LogP contribution in [0.3, 0.4) is 0 Å². The van der Waals surface area contributed by atoms with Gasteiger partial charge in [0.2, 0.25) is 0 Å². The second-order valence-electron chi connectivity index (χ2n) is 20.6. The van der Waals surface area contributed by atoms with E-state index in [1.807, 2.05) is 67.5 Å². The second kappa shape index (κ2) is 20.3. The summed E-state index contributed by atoms with van der Waals surface area (Å²) in [5.41, 5.74) is -2.52. The SMILES string of the molecule is CCC(C(=O)[C@@H](C)[C@@H](O)[C@H](C)[C@@H]1O[C@@H]([C@@H](CC)C(=O)O)CC[C@@H]1C)[C@H]1O[C@]2(C=C[C@@H](NC(=S)Nc3cccc(C(F)(F)F)c3)[C@]3(CC[C@@](C)([C@H]4CC[C@](O)(CC)[C@H](C)O4)O3)O2)[C@H](C)C[C@@H]1C. The molecule has 0 amide bonds. The number of carboxylic acids is 1. The average molecular weight is 953 g/mol. The lowest BCUT2D eigenvalue weighted by molar-refractivity contribution is -0.397. The molecule has 6 rings (SSSR count).